The number of halogens is 3. The van der Waals surface area contributed by atoms with Crippen LogP contribution in [-0.2, 0) is 6.54 Å². The quantitative estimate of drug-likeness (QED) is 0.828. The molecular formula is C11H17F3N2. The molecule has 0 bridgehead atoms. The predicted molar refractivity (Wildman–Crippen MR) is 57.2 cm³/mol. The smallest absolute Gasteiger partial charge is 0.354 e. The van der Waals surface area contributed by atoms with E-state index in [2.05, 4.69) is 5.32 Å². The molecule has 1 unspecified atom stereocenters. The minimum atomic E-state index is -4.09. The number of hydrogen-bond acceptors (Lipinski definition) is 1. The summed E-state index contributed by atoms with van der Waals surface area (Å²) in [6.07, 6.45) is -1.41. The SMILES string of the molecule is CCNC(C)c1ccn(CCC(F)(F)F)c1. The van der Waals surface area contributed by atoms with Gasteiger partial charge < -0.3 is 9.88 Å². The Morgan fingerprint density at radius 2 is 2.12 bits per heavy atom. The minimum absolute atomic E-state index is 0.0116. The van der Waals surface area contributed by atoms with Crippen LogP contribution in [-0.4, -0.2) is 17.3 Å². The van der Waals surface area contributed by atoms with E-state index < -0.39 is 12.6 Å². The number of nitrogens with one attached hydrogen (secondary N) is 1. The van der Waals surface area contributed by atoms with Crippen LogP contribution in [0, 0.1) is 0 Å². The molecule has 2 nitrogen and oxygen atoms in total. The maximum Gasteiger partial charge on any atom is 0.390 e. The molecule has 1 N–H and O–H groups in total. The van der Waals surface area contributed by atoms with Crippen LogP contribution < -0.4 is 5.32 Å². The van der Waals surface area contributed by atoms with Crippen LogP contribution in [0.15, 0.2) is 18.5 Å². The lowest BCUT2D eigenvalue weighted by Gasteiger charge is -2.10. The first-order chi connectivity index (χ1) is 7.42. The van der Waals surface area contributed by atoms with E-state index in [1.54, 1.807) is 17.0 Å². The molecule has 0 saturated carbocycles. The van der Waals surface area contributed by atoms with E-state index >= 15 is 0 Å². The Balaban J connectivity index is 2.51. The monoisotopic (exact) mass is 234 g/mol. The maximum absolute atomic E-state index is 12.0. The zero-order chi connectivity index (χ0) is 12.2. The van der Waals surface area contributed by atoms with E-state index in [1.165, 1.54) is 0 Å². The standard InChI is InChI=1S/C11H17F3N2/c1-3-15-9(2)10-4-6-16(8-10)7-5-11(12,13)14/h4,6,8-9,15H,3,5,7H2,1-2H3. The van der Waals surface area contributed by atoms with Crippen molar-refractivity contribution < 1.29 is 13.2 Å². The molecule has 1 aromatic rings. The lowest BCUT2D eigenvalue weighted by Crippen LogP contribution is -2.17. The van der Waals surface area contributed by atoms with Gasteiger partial charge in [-0.15, -0.1) is 0 Å². The van der Waals surface area contributed by atoms with E-state index in [-0.39, 0.29) is 12.6 Å². The fraction of sp³-hybridized carbons (Fsp3) is 0.636. The Bertz CT molecular complexity index is 317. The van der Waals surface area contributed by atoms with E-state index in [0.717, 1.165) is 12.1 Å². The van der Waals surface area contributed by atoms with Crippen LogP contribution in [0.1, 0.15) is 31.9 Å². The van der Waals surface area contributed by atoms with Gasteiger partial charge in [-0.3, -0.25) is 0 Å². The van der Waals surface area contributed by atoms with Gasteiger partial charge in [0.25, 0.3) is 0 Å². The molecule has 92 valence electrons. The molecule has 5 heteroatoms. The lowest BCUT2D eigenvalue weighted by atomic mass is 10.2. The number of aryl methyl sites for hydroxylation is 1. The number of nitrogens with zero attached hydrogens (tertiary/aromatic N) is 1. The summed E-state index contributed by atoms with van der Waals surface area (Å²) in [6, 6.07) is 2.03. The fourth-order valence-electron chi connectivity index (χ4n) is 1.53. The van der Waals surface area contributed by atoms with Gasteiger partial charge >= 0.3 is 6.18 Å². The molecule has 0 aromatic carbocycles. The summed E-state index contributed by atoms with van der Waals surface area (Å²) in [4.78, 5) is 0. The molecule has 1 aromatic heterocycles. The first-order valence-corrected chi connectivity index (χ1v) is 5.38. The van der Waals surface area contributed by atoms with Crippen molar-refractivity contribution in [1.29, 1.82) is 0 Å². The van der Waals surface area contributed by atoms with E-state index in [4.69, 9.17) is 0 Å². The van der Waals surface area contributed by atoms with Crippen molar-refractivity contribution >= 4 is 0 Å². The van der Waals surface area contributed by atoms with Gasteiger partial charge in [0, 0.05) is 25.0 Å². The lowest BCUT2D eigenvalue weighted by molar-refractivity contribution is -0.136. The third-order valence-corrected chi connectivity index (χ3v) is 2.44. The summed E-state index contributed by atoms with van der Waals surface area (Å²) < 4.78 is 37.6. The largest absolute Gasteiger partial charge is 0.390 e. The molecule has 0 aliphatic heterocycles. The van der Waals surface area contributed by atoms with Crippen LogP contribution in [0.5, 0.6) is 0 Å². The fourth-order valence-corrected chi connectivity index (χ4v) is 1.53. The summed E-state index contributed by atoms with van der Waals surface area (Å²) in [7, 11) is 0. The molecule has 0 aliphatic rings. The zero-order valence-electron chi connectivity index (χ0n) is 9.51. The Morgan fingerprint density at radius 3 is 2.69 bits per heavy atom. The van der Waals surface area contributed by atoms with Crippen molar-refractivity contribution in [2.75, 3.05) is 6.54 Å². The second-order valence-electron chi connectivity index (χ2n) is 3.83. The topological polar surface area (TPSA) is 17.0 Å². The van der Waals surface area contributed by atoms with Crippen molar-refractivity contribution in [1.82, 2.24) is 9.88 Å². The summed E-state index contributed by atoms with van der Waals surface area (Å²) in [5, 5.41) is 3.21. The van der Waals surface area contributed by atoms with Crippen LogP contribution in [0.2, 0.25) is 0 Å². The average molecular weight is 234 g/mol. The predicted octanol–water partition coefficient (Wildman–Crippen LogP) is 3.11. The van der Waals surface area contributed by atoms with Crippen LogP contribution in [0.25, 0.3) is 0 Å². The van der Waals surface area contributed by atoms with Crippen LogP contribution in [0.4, 0.5) is 13.2 Å². The Labute approximate surface area is 93.5 Å². The van der Waals surface area contributed by atoms with Crippen LogP contribution in [0.3, 0.4) is 0 Å². The number of rotatable bonds is 5. The zero-order valence-corrected chi connectivity index (χ0v) is 9.51. The van der Waals surface area contributed by atoms with Gasteiger partial charge in [0.15, 0.2) is 0 Å². The maximum atomic E-state index is 12.0. The Morgan fingerprint density at radius 1 is 1.44 bits per heavy atom. The number of hydrogen-bond donors (Lipinski definition) is 1. The molecule has 16 heavy (non-hydrogen) atoms. The minimum Gasteiger partial charge on any atom is -0.354 e. The Hall–Kier alpha value is -0.970. The summed E-state index contributed by atoms with van der Waals surface area (Å²) in [5.41, 5.74) is 1.02. The molecule has 0 aliphatic carbocycles. The van der Waals surface area contributed by atoms with Crippen molar-refractivity contribution in [2.45, 2.75) is 39.0 Å². The first-order valence-electron chi connectivity index (χ1n) is 5.38. The molecule has 1 atom stereocenters. The molecular weight excluding hydrogens is 217 g/mol. The average Bonchev–Trinajstić information content (AvgIpc) is 2.62. The molecule has 0 saturated heterocycles. The molecule has 1 rings (SSSR count). The highest BCUT2D eigenvalue weighted by Gasteiger charge is 2.26. The number of aromatic nitrogens is 1. The van der Waals surface area contributed by atoms with E-state index in [0.29, 0.717) is 0 Å². The molecule has 0 radical (unpaired) electrons. The second-order valence-corrected chi connectivity index (χ2v) is 3.83. The summed E-state index contributed by atoms with van der Waals surface area (Å²) in [6.45, 7) is 4.82. The third kappa shape index (κ3) is 4.26. The van der Waals surface area contributed by atoms with Gasteiger partial charge in [0.05, 0.1) is 6.42 Å². The highest BCUT2D eigenvalue weighted by molar-refractivity contribution is 5.14. The van der Waals surface area contributed by atoms with Gasteiger partial charge in [0.2, 0.25) is 0 Å². The third-order valence-electron chi connectivity index (χ3n) is 2.44. The molecule has 0 spiro atoms. The normalized spacial score (nSPS) is 14.1. The number of alkyl halides is 3. The highest BCUT2D eigenvalue weighted by Crippen LogP contribution is 2.21. The molecule has 0 amide bonds. The molecule has 0 fully saturated rings. The Kier molecular flexibility index (Phi) is 4.41. The van der Waals surface area contributed by atoms with E-state index in [1.807, 2.05) is 19.9 Å². The molecule has 1 heterocycles. The van der Waals surface area contributed by atoms with Crippen molar-refractivity contribution in [2.24, 2.45) is 0 Å². The van der Waals surface area contributed by atoms with Gasteiger partial charge in [-0.1, -0.05) is 6.92 Å². The highest BCUT2D eigenvalue weighted by atomic mass is 19.4. The van der Waals surface area contributed by atoms with E-state index in [9.17, 15) is 13.2 Å². The van der Waals surface area contributed by atoms with Gasteiger partial charge in [-0.2, -0.15) is 13.2 Å². The summed E-state index contributed by atoms with van der Waals surface area (Å²) in [5.74, 6) is 0. The summed E-state index contributed by atoms with van der Waals surface area (Å²) >= 11 is 0. The van der Waals surface area contributed by atoms with Gasteiger partial charge in [0.1, 0.15) is 0 Å². The van der Waals surface area contributed by atoms with Crippen molar-refractivity contribution in [3.8, 4) is 0 Å². The van der Waals surface area contributed by atoms with Gasteiger partial charge in [-0.25, -0.2) is 0 Å². The first kappa shape index (κ1) is 13.1. The van der Waals surface area contributed by atoms with Crippen molar-refractivity contribution in [3.05, 3.63) is 24.0 Å². The van der Waals surface area contributed by atoms with Gasteiger partial charge in [-0.05, 0) is 25.1 Å². The van der Waals surface area contributed by atoms with Crippen LogP contribution >= 0.6 is 0 Å². The van der Waals surface area contributed by atoms with Crippen molar-refractivity contribution in [3.63, 3.8) is 0 Å². The second kappa shape index (κ2) is 5.39.